The predicted octanol–water partition coefficient (Wildman–Crippen LogP) is 2.17. The summed E-state index contributed by atoms with van der Waals surface area (Å²) < 4.78 is 0. The number of hydrogen-bond acceptors (Lipinski definition) is 2. The van der Waals surface area contributed by atoms with Crippen molar-refractivity contribution in [3.63, 3.8) is 0 Å². The molecule has 3 nitrogen and oxygen atoms in total. The van der Waals surface area contributed by atoms with Gasteiger partial charge >= 0.3 is 0 Å². The van der Waals surface area contributed by atoms with Crippen LogP contribution in [0.5, 0.6) is 0 Å². The molecule has 3 fully saturated rings. The number of carbonyl (C=O) groups excluding carboxylic acids is 1. The van der Waals surface area contributed by atoms with Crippen LogP contribution in [0.25, 0.3) is 0 Å². The highest BCUT2D eigenvalue weighted by Gasteiger charge is 2.36. The summed E-state index contributed by atoms with van der Waals surface area (Å²) in [4.78, 5) is 14.4. The minimum absolute atomic E-state index is 0.138. The Morgan fingerprint density at radius 1 is 1.22 bits per heavy atom. The number of carbonyl (C=O) groups is 1. The maximum atomic E-state index is 12.3. The third-order valence-electron chi connectivity index (χ3n) is 4.84. The van der Waals surface area contributed by atoms with Crippen LogP contribution >= 0.6 is 0 Å². The Morgan fingerprint density at radius 2 is 2.06 bits per heavy atom. The van der Waals surface area contributed by atoms with Crippen LogP contribution in [0, 0.1) is 11.8 Å². The van der Waals surface area contributed by atoms with Crippen molar-refractivity contribution in [2.45, 2.75) is 64.0 Å². The van der Waals surface area contributed by atoms with Gasteiger partial charge in [-0.2, -0.15) is 0 Å². The lowest BCUT2D eigenvalue weighted by atomic mass is 9.82. The molecule has 0 bridgehead atoms. The first kappa shape index (κ1) is 12.5. The van der Waals surface area contributed by atoms with Crippen LogP contribution in [0.1, 0.15) is 51.9 Å². The zero-order chi connectivity index (χ0) is 12.5. The minimum atomic E-state index is 0.138. The Bertz CT molecular complexity index is 314. The summed E-state index contributed by atoms with van der Waals surface area (Å²) in [5, 5.41) is 3.49. The van der Waals surface area contributed by atoms with E-state index in [1.807, 2.05) is 0 Å². The van der Waals surface area contributed by atoms with Crippen LogP contribution in [-0.4, -0.2) is 36.0 Å². The predicted molar refractivity (Wildman–Crippen MR) is 72.3 cm³/mol. The van der Waals surface area contributed by atoms with E-state index in [1.165, 1.54) is 38.5 Å². The molecule has 1 heterocycles. The van der Waals surface area contributed by atoms with E-state index < -0.39 is 0 Å². The molecule has 0 aromatic heterocycles. The second-order valence-electron chi connectivity index (χ2n) is 6.70. The largest absolute Gasteiger partial charge is 0.341 e. The van der Waals surface area contributed by atoms with Crippen LogP contribution in [0.15, 0.2) is 0 Å². The van der Waals surface area contributed by atoms with Crippen LogP contribution < -0.4 is 5.32 Å². The van der Waals surface area contributed by atoms with Crippen molar-refractivity contribution < 1.29 is 4.79 Å². The van der Waals surface area contributed by atoms with Crippen molar-refractivity contribution in [3.05, 3.63) is 0 Å². The highest BCUT2D eigenvalue weighted by atomic mass is 16.2. The van der Waals surface area contributed by atoms with Crippen molar-refractivity contribution in [1.82, 2.24) is 10.2 Å². The molecule has 18 heavy (non-hydrogen) atoms. The van der Waals surface area contributed by atoms with E-state index in [-0.39, 0.29) is 6.04 Å². The first-order valence-electron chi connectivity index (χ1n) is 7.77. The molecule has 3 atom stereocenters. The molecule has 0 spiro atoms. The summed E-state index contributed by atoms with van der Waals surface area (Å²) in [6, 6.07) is 0.784. The summed E-state index contributed by atoms with van der Waals surface area (Å²) in [5.74, 6) is 2.00. The highest BCUT2D eigenvalue weighted by Crippen LogP contribution is 2.30. The van der Waals surface area contributed by atoms with E-state index in [4.69, 9.17) is 0 Å². The van der Waals surface area contributed by atoms with E-state index in [2.05, 4.69) is 17.1 Å². The second-order valence-corrected chi connectivity index (χ2v) is 6.70. The molecular weight excluding hydrogens is 224 g/mol. The summed E-state index contributed by atoms with van der Waals surface area (Å²) in [7, 11) is 0. The zero-order valence-corrected chi connectivity index (χ0v) is 11.5. The standard InChI is InChI=1S/C15H26N2O/c1-11-3-2-4-12(9-11)10-17-8-7-14(15(17)18)16-13-5-6-13/h11-14,16H,2-10H2,1H3. The number of nitrogens with zero attached hydrogens (tertiary/aromatic N) is 1. The van der Waals surface area contributed by atoms with Crippen LogP contribution in [0.3, 0.4) is 0 Å². The fourth-order valence-electron chi connectivity index (χ4n) is 3.65. The average molecular weight is 250 g/mol. The number of likely N-dealkylation sites (tertiary alicyclic amines) is 1. The van der Waals surface area contributed by atoms with Gasteiger partial charge in [-0.05, 0) is 43.9 Å². The molecule has 0 aromatic rings. The van der Waals surface area contributed by atoms with E-state index >= 15 is 0 Å². The first-order chi connectivity index (χ1) is 8.72. The third kappa shape index (κ3) is 2.87. The van der Waals surface area contributed by atoms with E-state index in [0.717, 1.165) is 31.3 Å². The molecule has 2 aliphatic carbocycles. The van der Waals surface area contributed by atoms with Crippen LogP contribution in [0.4, 0.5) is 0 Å². The fourth-order valence-corrected chi connectivity index (χ4v) is 3.65. The first-order valence-corrected chi connectivity index (χ1v) is 7.77. The van der Waals surface area contributed by atoms with Gasteiger partial charge in [0.15, 0.2) is 0 Å². The van der Waals surface area contributed by atoms with Crippen molar-refractivity contribution in [2.75, 3.05) is 13.1 Å². The molecule has 2 saturated carbocycles. The van der Waals surface area contributed by atoms with Crippen molar-refractivity contribution in [2.24, 2.45) is 11.8 Å². The maximum Gasteiger partial charge on any atom is 0.239 e. The number of rotatable bonds is 4. The van der Waals surface area contributed by atoms with Gasteiger partial charge in [0, 0.05) is 19.1 Å². The van der Waals surface area contributed by atoms with Gasteiger partial charge in [0.25, 0.3) is 0 Å². The van der Waals surface area contributed by atoms with Gasteiger partial charge in [-0.1, -0.05) is 19.8 Å². The van der Waals surface area contributed by atoms with Gasteiger partial charge in [-0.3, -0.25) is 4.79 Å². The lowest BCUT2D eigenvalue weighted by Gasteiger charge is -2.30. The van der Waals surface area contributed by atoms with Crippen LogP contribution in [0.2, 0.25) is 0 Å². The molecule has 3 heteroatoms. The van der Waals surface area contributed by atoms with Crippen molar-refractivity contribution in [3.8, 4) is 0 Å². The Balaban J connectivity index is 1.49. The van der Waals surface area contributed by atoms with Crippen LogP contribution in [-0.2, 0) is 4.79 Å². The Morgan fingerprint density at radius 3 is 2.78 bits per heavy atom. The summed E-state index contributed by atoms with van der Waals surface area (Å²) in [5.41, 5.74) is 0. The lowest BCUT2D eigenvalue weighted by molar-refractivity contribution is -0.130. The summed E-state index contributed by atoms with van der Waals surface area (Å²) in [6.45, 7) is 4.36. The highest BCUT2D eigenvalue weighted by molar-refractivity contribution is 5.84. The zero-order valence-electron chi connectivity index (χ0n) is 11.5. The number of nitrogens with one attached hydrogen (secondary N) is 1. The quantitative estimate of drug-likeness (QED) is 0.829. The average Bonchev–Trinajstić information content (AvgIpc) is 3.10. The topological polar surface area (TPSA) is 32.3 Å². The molecule has 3 aliphatic rings. The maximum absolute atomic E-state index is 12.3. The molecular formula is C15H26N2O. The molecule has 3 rings (SSSR count). The summed E-state index contributed by atoms with van der Waals surface area (Å²) in [6.07, 6.45) is 8.96. The summed E-state index contributed by atoms with van der Waals surface area (Å²) >= 11 is 0. The number of amides is 1. The monoisotopic (exact) mass is 250 g/mol. The van der Waals surface area contributed by atoms with E-state index in [9.17, 15) is 4.79 Å². The molecule has 1 amide bonds. The third-order valence-corrected chi connectivity index (χ3v) is 4.84. The van der Waals surface area contributed by atoms with Gasteiger partial charge in [-0.15, -0.1) is 0 Å². The molecule has 1 saturated heterocycles. The molecule has 0 aromatic carbocycles. The van der Waals surface area contributed by atoms with E-state index in [1.54, 1.807) is 0 Å². The molecule has 3 unspecified atom stereocenters. The molecule has 102 valence electrons. The normalized spacial score (nSPS) is 37.3. The van der Waals surface area contributed by atoms with Gasteiger partial charge in [0.2, 0.25) is 5.91 Å². The van der Waals surface area contributed by atoms with E-state index in [0.29, 0.717) is 11.9 Å². The lowest BCUT2D eigenvalue weighted by Crippen LogP contribution is -2.41. The molecule has 1 aliphatic heterocycles. The Hall–Kier alpha value is -0.570. The van der Waals surface area contributed by atoms with Gasteiger partial charge in [-0.25, -0.2) is 0 Å². The van der Waals surface area contributed by atoms with Gasteiger partial charge < -0.3 is 10.2 Å². The second kappa shape index (κ2) is 5.20. The molecule has 1 N–H and O–H groups in total. The van der Waals surface area contributed by atoms with Gasteiger partial charge in [0.05, 0.1) is 6.04 Å². The van der Waals surface area contributed by atoms with Crippen molar-refractivity contribution in [1.29, 1.82) is 0 Å². The molecule has 0 radical (unpaired) electrons. The Labute approximate surface area is 110 Å². The minimum Gasteiger partial charge on any atom is -0.341 e. The number of hydrogen-bond donors (Lipinski definition) is 1. The smallest absolute Gasteiger partial charge is 0.239 e. The SMILES string of the molecule is CC1CCCC(CN2CCC(NC3CC3)C2=O)C1. The van der Waals surface area contributed by atoms with Gasteiger partial charge in [0.1, 0.15) is 0 Å². The van der Waals surface area contributed by atoms with Crippen molar-refractivity contribution >= 4 is 5.91 Å². The fraction of sp³-hybridized carbons (Fsp3) is 0.933. The Kier molecular flexibility index (Phi) is 3.60.